The van der Waals surface area contributed by atoms with Crippen molar-refractivity contribution in [1.82, 2.24) is 0 Å². The number of carboxylic acids is 1. The Morgan fingerprint density at radius 1 is 0.879 bits per heavy atom. The van der Waals surface area contributed by atoms with Crippen molar-refractivity contribution < 1.29 is 25.1 Å². The van der Waals surface area contributed by atoms with Gasteiger partial charge in [-0.2, -0.15) is 0 Å². The molecule has 5 nitrogen and oxygen atoms in total. The minimum Gasteiger partial charge on any atom is -0.547 e. The van der Waals surface area contributed by atoms with Gasteiger partial charge in [0.25, 0.3) is 0 Å². The molecule has 5 rings (SSSR count). The van der Waals surface area contributed by atoms with Crippen molar-refractivity contribution in [1.29, 1.82) is 0 Å². The number of aliphatic hydroxyl groups excluding tert-OH is 1. The number of aliphatic hydroxyl groups is 1. The summed E-state index contributed by atoms with van der Waals surface area (Å²) < 4.78 is 0. The van der Waals surface area contributed by atoms with Gasteiger partial charge < -0.3 is 20.3 Å². The van der Waals surface area contributed by atoms with Crippen LogP contribution in [0.1, 0.15) is 35.6 Å². The monoisotopic (exact) mass is 443 g/mol. The maximum absolute atomic E-state index is 12.4. The Kier molecular flexibility index (Phi) is 7.02. The van der Waals surface area contributed by atoms with Gasteiger partial charge in [0.1, 0.15) is 11.9 Å². The summed E-state index contributed by atoms with van der Waals surface area (Å²) in [5, 5.41) is 21.4. The molecule has 0 amide bonds. The number of hydrogen-bond donors (Lipinski definition) is 2. The third-order valence-electron chi connectivity index (χ3n) is 7.06. The van der Waals surface area contributed by atoms with E-state index in [9.17, 15) is 14.7 Å². The fraction of sp³-hybridized carbons (Fsp3) is 0.286. The maximum Gasteiger partial charge on any atom is 0.142 e. The van der Waals surface area contributed by atoms with E-state index in [0.29, 0.717) is 23.7 Å². The van der Waals surface area contributed by atoms with Crippen molar-refractivity contribution in [2.24, 2.45) is 11.8 Å². The maximum atomic E-state index is 12.4. The van der Waals surface area contributed by atoms with Crippen LogP contribution in [0, 0.1) is 11.8 Å². The van der Waals surface area contributed by atoms with Crippen LogP contribution in [0.25, 0.3) is 0 Å². The van der Waals surface area contributed by atoms with E-state index in [-0.39, 0.29) is 11.3 Å². The Morgan fingerprint density at radius 2 is 1.39 bits per heavy atom. The molecule has 2 fully saturated rings. The highest BCUT2D eigenvalue weighted by Gasteiger charge is 2.54. The first-order valence-corrected chi connectivity index (χ1v) is 11.4. The molecule has 3 N–H and O–H groups in total. The van der Waals surface area contributed by atoms with Crippen LogP contribution in [0.15, 0.2) is 91.0 Å². The average Bonchev–Trinajstić information content (AvgIpc) is 3.38. The van der Waals surface area contributed by atoms with Gasteiger partial charge in [-0.25, -0.2) is 0 Å². The lowest BCUT2D eigenvalue weighted by atomic mass is 9.56. The molecule has 1 aliphatic heterocycles. The average molecular weight is 444 g/mol. The van der Waals surface area contributed by atoms with Gasteiger partial charge in [0.2, 0.25) is 0 Å². The first kappa shape index (κ1) is 22.9. The zero-order valence-corrected chi connectivity index (χ0v) is 18.5. The number of carboxylic acid groups (broad SMARTS) is 1. The predicted molar refractivity (Wildman–Crippen MR) is 123 cm³/mol. The molecule has 0 aromatic heterocycles. The Balaban J connectivity index is 0.000000200. The molecular formula is C28H29NO4. The number of nitrogens with two attached hydrogens (primary N) is 1. The van der Waals surface area contributed by atoms with Crippen LogP contribution in [0.2, 0.25) is 0 Å². The number of carbonyl (C=O) groups is 2. The molecule has 0 radical (unpaired) electrons. The normalized spacial score (nSPS) is 21.9. The van der Waals surface area contributed by atoms with Gasteiger partial charge in [-0.3, -0.25) is 4.79 Å². The molecule has 3 unspecified atom stereocenters. The number of quaternary nitrogens is 1. The molecule has 1 heterocycles. The van der Waals surface area contributed by atoms with Gasteiger partial charge >= 0.3 is 0 Å². The third kappa shape index (κ3) is 4.61. The number of aliphatic carboxylic acids is 1. The summed E-state index contributed by atoms with van der Waals surface area (Å²) in [6.07, 6.45) is 0.129. The second-order valence-electron chi connectivity index (χ2n) is 8.78. The number of fused-ring (bicyclic) bond motifs is 1. The molecule has 1 saturated heterocycles. The SMILES string of the molecule is O=C([O-])C(O)c1ccccc1.O=C1CCC(c2ccccc2)(c2ccccc2)C2C[NH2+]CC12. The van der Waals surface area contributed by atoms with Crippen LogP contribution >= 0.6 is 0 Å². The minimum absolute atomic E-state index is 0.00586. The zero-order chi connectivity index (χ0) is 23.3. The second-order valence-corrected chi connectivity index (χ2v) is 8.78. The molecule has 3 aromatic carbocycles. The highest BCUT2D eigenvalue weighted by Crippen LogP contribution is 2.49. The Morgan fingerprint density at radius 3 is 1.91 bits per heavy atom. The number of rotatable bonds is 4. The van der Waals surface area contributed by atoms with Crippen LogP contribution in [-0.2, 0) is 15.0 Å². The van der Waals surface area contributed by atoms with Crippen molar-refractivity contribution in [3.05, 3.63) is 108 Å². The van der Waals surface area contributed by atoms with Crippen molar-refractivity contribution in [3.63, 3.8) is 0 Å². The smallest absolute Gasteiger partial charge is 0.142 e. The lowest BCUT2D eigenvalue weighted by Crippen LogP contribution is -2.82. The molecule has 33 heavy (non-hydrogen) atoms. The topological polar surface area (TPSA) is 94.0 Å². The van der Waals surface area contributed by atoms with E-state index in [4.69, 9.17) is 5.11 Å². The summed E-state index contributed by atoms with van der Waals surface area (Å²) in [6.45, 7) is 2.02. The first-order valence-electron chi connectivity index (χ1n) is 11.4. The van der Waals surface area contributed by atoms with Gasteiger partial charge in [-0.1, -0.05) is 91.0 Å². The fourth-order valence-electron chi connectivity index (χ4n) is 5.50. The van der Waals surface area contributed by atoms with E-state index in [0.717, 1.165) is 19.5 Å². The molecule has 1 saturated carbocycles. The van der Waals surface area contributed by atoms with Crippen LogP contribution in [0.4, 0.5) is 0 Å². The van der Waals surface area contributed by atoms with Crippen molar-refractivity contribution in [2.45, 2.75) is 24.4 Å². The van der Waals surface area contributed by atoms with Crippen molar-refractivity contribution in [3.8, 4) is 0 Å². The lowest BCUT2D eigenvalue weighted by Gasteiger charge is -2.44. The highest BCUT2D eigenvalue weighted by molar-refractivity contribution is 5.83. The molecular weight excluding hydrogens is 414 g/mol. The minimum atomic E-state index is -1.52. The number of hydrogen-bond acceptors (Lipinski definition) is 4. The molecule has 3 atom stereocenters. The van der Waals surface area contributed by atoms with Crippen LogP contribution in [0.5, 0.6) is 0 Å². The second kappa shape index (κ2) is 10.1. The summed E-state index contributed by atoms with van der Waals surface area (Å²) in [6, 6.07) is 29.8. The van der Waals surface area contributed by atoms with E-state index in [1.54, 1.807) is 18.2 Å². The molecule has 0 bridgehead atoms. The zero-order valence-electron chi connectivity index (χ0n) is 18.5. The predicted octanol–water partition coefficient (Wildman–Crippen LogP) is 1.61. The molecule has 5 heteroatoms. The first-order chi connectivity index (χ1) is 16.0. The van der Waals surface area contributed by atoms with Crippen molar-refractivity contribution >= 4 is 11.8 Å². The van der Waals surface area contributed by atoms with Crippen LogP contribution in [0.3, 0.4) is 0 Å². The lowest BCUT2D eigenvalue weighted by molar-refractivity contribution is -0.639. The number of ketones is 1. The standard InChI is InChI=1S/C20H21NO.C8H8O3/c22-19-11-12-20(15-7-3-1-4-8-15,16-9-5-2-6-10-16)18-14-21-13-17(18)19;9-7(8(10)11)6-4-2-1-3-5-6/h1-10,17-18,21H,11-14H2;1-5,7,9H,(H,10,11). The molecule has 170 valence electrons. The van der Waals surface area contributed by atoms with E-state index < -0.39 is 12.1 Å². The molecule has 0 spiro atoms. The van der Waals surface area contributed by atoms with Gasteiger partial charge in [0, 0.05) is 17.8 Å². The highest BCUT2D eigenvalue weighted by atomic mass is 16.4. The quantitative estimate of drug-likeness (QED) is 0.641. The van der Waals surface area contributed by atoms with E-state index in [1.807, 2.05) is 0 Å². The summed E-state index contributed by atoms with van der Waals surface area (Å²) in [7, 11) is 0. The third-order valence-corrected chi connectivity index (χ3v) is 7.06. The largest absolute Gasteiger partial charge is 0.547 e. The van der Waals surface area contributed by atoms with Gasteiger partial charge in [-0.05, 0) is 23.1 Å². The summed E-state index contributed by atoms with van der Waals surface area (Å²) in [4.78, 5) is 22.5. The Labute approximate surface area is 194 Å². The van der Waals surface area contributed by atoms with E-state index in [2.05, 4.69) is 66.0 Å². The number of carbonyl (C=O) groups excluding carboxylic acids is 2. The number of benzene rings is 3. The Bertz CT molecular complexity index is 1030. The molecule has 2 aliphatic rings. The van der Waals surface area contributed by atoms with Gasteiger partial charge in [0.15, 0.2) is 0 Å². The molecule has 1 aliphatic carbocycles. The summed E-state index contributed by atoms with van der Waals surface area (Å²) >= 11 is 0. The van der Waals surface area contributed by atoms with Crippen molar-refractivity contribution in [2.75, 3.05) is 13.1 Å². The van der Waals surface area contributed by atoms with Gasteiger partial charge in [-0.15, -0.1) is 0 Å². The number of Topliss-reactive ketones (excluding diaryl/α,β-unsaturated/α-hetero) is 1. The molecule has 3 aromatic rings. The Hall–Kier alpha value is -3.28. The van der Waals surface area contributed by atoms with Crippen LogP contribution < -0.4 is 10.4 Å². The van der Waals surface area contributed by atoms with E-state index >= 15 is 0 Å². The van der Waals surface area contributed by atoms with E-state index in [1.165, 1.54) is 23.3 Å². The summed E-state index contributed by atoms with van der Waals surface area (Å²) in [5.41, 5.74) is 3.08. The van der Waals surface area contributed by atoms with Crippen LogP contribution in [-0.4, -0.2) is 29.9 Å². The fourth-order valence-corrected chi connectivity index (χ4v) is 5.50. The summed E-state index contributed by atoms with van der Waals surface area (Å²) in [5.74, 6) is -0.370. The van der Waals surface area contributed by atoms with Gasteiger partial charge in [0.05, 0.1) is 25.0 Å².